The van der Waals surface area contributed by atoms with Crippen LogP contribution in [-0.4, -0.2) is 36.9 Å². The van der Waals surface area contributed by atoms with Crippen LogP contribution in [0.3, 0.4) is 0 Å². The Bertz CT molecular complexity index is 1510. The highest BCUT2D eigenvalue weighted by atomic mass is 32.1. The number of carbonyl (C=O) groups excluding carboxylic acids is 2. The third-order valence-electron chi connectivity index (χ3n) is 5.40. The third-order valence-corrected chi connectivity index (χ3v) is 5.99. The number of hydrogen-bond acceptors (Lipinski definition) is 8. The molecule has 0 aliphatic carbocycles. The number of aliphatic hydroxyl groups excluding tert-OH is 1. The monoisotopic (exact) mass is 499 g/mol. The molecule has 0 atom stereocenters. The van der Waals surface area contributed by atoms with Crippen molar-refractivity contribution in [2.45, 2.75) is 13.2 Å². The first kappa shape index (κ1) is 23.1. The highest BCUT2D eigenvalue weighted by molar-refractivity contribution is 7.07. The Morgan fingerprint density at radius 3 is 2.61 bits per heavy atom. The topological polar surface area (TPSA) is 134 Å². The summed E-state index contributed by atoms with van der Waals surface area (Å²) >= 11 is 1.34. The number of benzene rings is 3. The second-order valence-electron chi connectivity index (χ2n) is 7.91. The van der Waals surface area contributed by atoms with Gasteiger partial charge in [0.1, 0.15) is 11.4 Å². The summed E-state index contributed by atoms with van der Waals surface area (Å²) in [7, 11) is 0. The summed E-state index contributed by atoms with van der Waals surface area (Å²) in [6, 6.07) is 18.5. The highest BCUT2D eigenvalue weighted by Gasteiger charge is 2.12. The van der Waals surface area contributed by atoms with Crippen molar-refractivity contribution in [2.24, 2.45) is 0 Å². The molecule has 36 heavy (non-hydrogen) atoms. The molecule has 0 saturated heterocycles. The summed E-state index contributed by atoms with van der Waals surface area (Å²) in [4.78, 5) is 29.3. The fourth-order valence-corrected chi connectivity index (χ4v) is 4.17. The zero-order chi connectivity index (χ0) is 24.9. The van der Waals surface area contributed by atoms with Gasteiger partial charge in [-0.05, 0) is 35.2 Å². The van der Waals surface area contributed by atoms with Gasteiger partial charge in [0, 0.05) is 16.3 Å². The number of aromatic nitrogens is 4. The Hall–Kier alpha value is -4.61. The zero-order valence-electron chi connectivity index (χ0n) is 18.9. The van der Waals surface area contributed by atoms with E-state index in [0.717, 1.165) is 16.3 Å². The Balaban J connectivity index is 1.31. The van der Waals surface area contributed by atoms with E-state index in [1.165, 1.54) is 11.3 Å². The fourth-order valence-electron chi connectivity index (χ4n) is 3.64. The van der Waals surface area contributed by atoms with Crippen LogP contribution in [0.5, 0.6) is 0 Å². The highest BCUT2D eigenvalue weighted by Crippen LogP contribution is 2.28. The van der Waals surface area contributed by atoms with Gasteiger partial charge in [-0.15, -0.1) is 16.4 Å². The molecule has 2 amide bonds. The van der Waals surface area contributed by atoms with Gasteiger partial charge in [0.15, 0.2) is 0 Å². The zero-order valence-corrected chi connectivity index (χ0v) is 19.7. The number of thiazole rings is 1. The number of nitrogens with zero attached hydrogens (tertiary/aromatic N) is 4. The Kier molecular flexibility index (Phi) is 6.65. The maximum Gasteiger partial charge on any atom is 0.289 e. The van der Waals surface area contributed by atoms with Crippen LogP contribution in [0.4, 0.5) is 11.4 Å². The molecule has 10 nitrogen and oxygen atoms in total. The number of amides is 2. The van der Waals surface area contributed by atoms with Crippen LogP contribution in [0.25, 0.3) is 10.8 Å². The molecule has 11 heteroatoms. The molecule has 0 bridgehead atoms. The molecular formula is C25H21N7O3S. The van der Waals surface area contributed by atoms with Crippen molar-refractivity contribution in [3.63, 3.8) is 0 Å². The van der Waals surface area contributed by atoms with Crippen LogP contribution in [-0.2, 0) is 13.2 Å². The molecule has 0 saturated carbocycles. The molecule has 5 aromatic rings. The van der Waals surface area contributed by atoms with Crippen molar-refractivity contribution in [3.05, 3.63) is 100 Å². The maximum absolute atomic E-state index is 13.0. The first-order chi connectivity index (χ1) is 17.6. The number of fused-ring (bicyclic) bond motifs is 1. The summed E-state index contributed by atoms with van der Waals surface area (Å²) in [5.74, 6) is -0.618. The predicted molar refractivity (Wildman–Crippen MR) is 137 cm³/mol. The van der Waals surface area contributed by atoms with E-state index >= 15 is 0 Å². The van der Waals surface area contributed by atoms with E-state index in [1.807, 2.05) is 42.5 Å². The van der Waals surface area contributed by atoms with Gasteiger partial charge in [0.05, 0.1) is 36.2 Å². The van der Waals surface area contributed by atoms with E-state index in [2.05, 4.69) is 31.5 Å². The van der Waals surface area contributed by atoms with Crippen molar-refractivity contribution in [1.29, 1.82) is 0 Å². The molecule has 4 N–H and O–H groups in total. The molecule has 0 spiro atoms. The maximum atomic E-state index is 13.0. The van der Waals surface area contributed by atoms with E-state index in [0.29, 0.717) is 34.9 Å². The quantitative estimate of drug-likeness (QED) is 0.240. The summed E-state index contributed by atoms with van der Waals surface area (Å²) in [5, 5.41) is 23.4. The summed E-state index contributed by atoms with van der Waals surface area (Å²) in [5.41, 5.74) is 10.6. The van der Waals surface area contributed by atoms with Gasteiger partial charge in [-0.25, -0.2) is 9.67 Å². The molecule has 5 rings (SSSR count). The standard InChI is InChI=1S/C25H21N7O3S/c33-13-20-12-32(31-29-20)11-16-5-7-17(8-6-16)24(34)27-22-10-19(9-18-3-1-2-4-21(18)22)28-30-25(35)23-14-36-15-26-23/h1-10,12,14-15,28,33H,11,13H2,(H,27,34)(H,30,35). The minimum atomic E-state index is -0.353. The number of nitrogens with one attached hydrogen (secondary N) is 3. The molecule has 0 radical (unpaired) electrons. The van der Waals surface area contributed by atoms with Crippen molar-refractivity contribution in [1.82, 2.24) is 25.4 Å². The van der Waals surface area contributed by atoms with Crippen molar-refractivity contribution in [2.75, 3.05) is 10.7 Å². The molecule has 2 aromatic heterocycles. The first-order valence-electron chi connectivity index (χ1n) is 11.0. The molecule has 180 valence electrons. The molecule has 0 fully saturated rings. The molecule has 0 unspecified atom stereocenters. The normalized spacial score (nSPS) is 10.8. The van der Waals surface area contributed by atoms with E-state index in [-0.39, 0.29) is 18.4 Å². The second-order valence-corrected chi connectivity index (χ2v) is 8.63. The average molecular weight is 500 g/mol. The molecule has 0 aliphatic heterocycles. The van der Waals surface area contributed by atoms with Gasteiger partial charge < -0.3 is 10.4 Å². The average Bonchev–Trinajstić information content (AvgIpc) is 3.60. The predicted octanol–water partition coefficient (Wildman–Crippen LogP) is 3.44. The Morgan fingerprint density at radius 1 is 1.03 bits per heavy atom. The smallest absolute Gasteiger partial charge is 0.289 e. The van der Waals surface area contributed by atoms with E-state index < -0.39 is 0 Å². The SMILES string of the molecule is O=C(Nc1cc(NNC(=O)c2cscn2)cc2ccccc12)c1ccc(Cn2cc(CO)nn2)cc1. The minimum absolute atomic E-state index is 0.164. The van der Waals surface area contributed by atoms with Gasteiger partial charge in [-0.3, -0.25) is 20.4 Å². The lowest BCUT2D eigenvalue weighted by atomic mass is 10.1. The second kappa shape index (κ2) is 10.3. The fraction of sp³-hybridized carbons (Fsp3) is 0.0800. The molecule has 0 aliphatic rings. The van der Waals surface area contributed by atoms with Crippen LogP contribution in [0.15, 0.2) is 77.8 Å². The number of aliphatic hydroxyl groups is 1. The van der Waals surface area contributed by atoms with Crippen LogP contribution in [0, 0.1) is 0 Å². The van der Waals surface area contributed by atoms with E-state index in [9.17, 15) is 9.59 Å². The van der Waals surface area contributed by atoms with E-state index in [1.54, 1.807) is 40.0 Å². The number of hydrogen-bond donors (Lipinski definition) is 4. The van der Waals surface area contributed by atoms with Crippen LogP contribution >= 0.6 is 11.3 Å². The lowest BCUT2D eigenvalue weighted by molar-refractivity contribution is 0.0957. The summed E-state index contributed by atoms with van der Waals surface area (Å²) in [6.07, 6.45) is 1.67. The number of rotatable bonds is 8. The van der Waals surface area contributed by atoms with Crippen LogP contribution in [0.1, 0.15) is 32.1 Å². The number of hydrazine groups is 1. The van der Waals surface area contributed by atoms with Gasteiger partial charge in [-0.1, -0.05) is 41.6 Å². The molecule has 2 heterocycles. The minimum Gasteiger partial charge on any atom is -0.390 e. The van der Waals surface area contributed by atoms with Gasteiger partial charge >= 0.3 is 0 Å². The lowest BCUT2D eigenvalue weighted by Gasteiger charge is -2.14. The van der Waals surface area contributed by atoms with Gasteiger partial charge in [0.2, 0.25) is 0 Å². The van der Waals surface area contributed by atoms with Gasteiger partial charge in [-0.2, -0.15) is 0 Å². The number of carbonyl (C=O) groups is 2. The summed E-state index contributed by atoms with van der Waals surface area (Å²) < 4.78 is 1.62. The van der Waals surface area contributed by atoms with Crippen molar-refractivity contribution >= 4 is 45.3 Å². The van der Waals surface area contributed by atoms with Crippen molar-refractivity contribution in [3.8, 4) is 0 Å². The summed E-state index contributed by atoms with van der Waals surface area (Å²) in [6.45, 7) is 0.308. The first-order valence-corrected chi connectivity index (χ1v) is 11.9. The van der Waals surface area contributed by atoms with Gasteiger partial charge in [0.25, 0.3) is 11.8 Å². The van der Waals surface area contributed by atoms with Crippen LogP contribution < -0.4 is 16.2 Å². The van der Waals surface area contributed by atoms with Crippen molar-refractivity contribution < 1.29 is 14.7 Å². The Labute approximate surface area is 209 Å². The van der Waals surface area contributed by atoms with Crippen LogP contribution in [0.2, 0.25) is 0 Å². The third kappa shape index (κ3) is 5.22. The molecular weight excluding hydrogens is 478 g/mol. The largest absolute Gasteiger partial charge is 0.390 e. The lowest BCUT2D eigenvalue weighted by Crippen LogP contribution is -2.29. The number of anilines is 2. The molecule has 3 aromatic carbocycles. The Morgan fingerprint density at radius 2 is 1.86 bits per heavy atom. The van der Waals surface area contributed by atoms with E-state index in [4.69, 9.17) is 5.11 Å².